The number of ether oxygens (including phenoxy) is 1. The molecule has 4 aliphatic heterocycles. The van der Waals surface area contributed by atoms with Crippen LogP contribution in [0.3, 0.4) is 0 Å². The SMILES string of the molecule is CN1c2ccc(-c3cn(C)c4c3[cH-]c[n+]4C)[c-]c2N(c2ccc3c(n2)C([Si](c2ccccc2)c2ccccc2)c2ccccc2S3)c2ccccc21.[CH-]=C(C)P1c2[c-]c(N3c4[c-]c(-n5ccc6cccnc65)ccc4Sc4ccccc43)ccc2Oc2ccccc21.[Cu+2].[Cu].[Cu].[c-]1ccccc1-c1coc2ccc(-n3c4ccccc4c4ccc(-n5[c-]cc6ccccc65)nc43)[c-]c12. The second-order valence-electron chi connectivity index (χ2n) is 32.3. The van der Waals surface area contributed by atoms with Gasteiger partial charge in [0.15, 0.2) is 5.65 Å². The molecule has 0 spiro atoms. The molecular formula is C112H74Cu3N11O2PS2Si-5. The van der Waals surface area contributed by atoms with Gasteiger partial charge in [-0.05, 0) is 95.4 Å². The van der Waals surface area contributed by atoms with E-state index < -0.39 is 16.7 Å². The number of hydrogen-bond acceptors (Lipinski definition) is 10. The largest absolute Gasteiger partial charge is 2.00 e. The Morgan fingerprint density at radius 1 is 0.538 bits per heavy atom. The van der Waals surface area contributed by atoms with E-state index in [0.29, 0.717) is 0 Å². The zero-order valence-corrected chi connectivity index (χ0v) is 77.6. The van der Waals surface area contributed by atoms with Crippen molar-refractivity contribution in [2.45, 2.75) is 32.0 Å². The number of fused-ring (bicyclic) bond motifs is 15. The fourth-order valence-corrected chi connectivity index (χ4v) is 26.4. The summed E-state index contributed by atoms with van der Waals surface area (Å²) in [5, 5.41) is 12.4. The van der Waals surface area contributed by atoms with Crippen LogP contribution < -0.4 is 45.0 Å². The predicted molar refractivity (Wildman–Crippen MR) is 526 cm³/mol. The van der Waals surface area contributed by atoms with Crippen LogP contribution in [0.15, 0.2) is 394 Å². The molecule has 13 aromatic carbocycles. The number of benzene rings is 13. The maximum atomic E-state index is 6.54. The van der Waals surface area contributed by atoms with Crippen molar-refractivity contribution in [3.63, 3.8) is 0 Å². The van der Waals surface area contributed by atoms with Gasteiger partial charge in [0.2, 0.25) is 0 Å². The molecule has 0 saturated carbocycles. The monoisotopic (exact) mass is 1920 g/mol. The van der Waals surface area contributed by atoms with Gasteiger partial charge in [0, 0.05) is 125 Å². The summed E-state index contributed by atoms with van der Waals surface area (Å²) < 4.78 is 22.9. The Morgan fingerprint density at radius 2 is 1.24 bits per heavy atom. The maximum Gasteiger partial charge on any atom is 2.00 e. The van der Waals surface area contributed by atoms with E-state index in [1.165, 1.54) is 47.2 Å². The van der Waals surface area contributed by atoms with Crippen molar-refractivity contribution in [1.29, 1.82) is 0 Å². The summed E-state index contributed by atoms with van der Waals surface area (Å²) >= 11 is 3.60. The third-order valence-corrected chi connectivity index (χ3v) is 32.3. The van der Waals surface area contributed by atoms with Crippen molar-refractivity contribution in [2.24, 2.45) is 14.1 Å². The van der Waals surface area contributed by atoms with E-state index >= 15 is 0 Å². The Hall–Kier alpha value is -13.6. The Kier molecular flexibility index (Phi) is 22.8. The van der Waals surface area contributed by atoms with Gasteiger partial charge in [-0.15, -0.1) is 132 Å². The first-order valence-corrected chi connectivity index (χ1v) is 47.2. The topological polar surface area (TPSA) is 94.4 Å². The molecule has 0 amide bonds. The number of para-hydroxylation sites is 6. The Morgan fingerprint density at radius 3 is 2.07 bits per heavy atom. The van der Waals surface area contributed by atoms with Gasteiger partial charge < -0.3 is 48.7 Å². The number of rotatable bonds is 11. The van der Waals surface area contributed by atoms with Crippen molar-refractivity contribution >= 4 is 173 Å². The Bertz CT molecular complexity index is 8200. The van der Waals surface area contributed by atoms with Gasteiger partial charge in [-0.25, -0.2) is 15.3 Å². The quantitative estimate of drug-likeness (QED) is 0.0539. The molecule has 0 bridgehead atoms. The maximum absolute atomic E-state index is 6.54. The van der Waals surface area contributed by atoms with Crippen LogP contribution in [0.4, 0.5) is 45.6 Å². The van der Waals surface area contributed by atoms with Crippen LogP contribution in [0.2, 0.25) is 0 Å². The Labute approximate surface area is 807 Å². The van der Waals surface area contributed by atoms with E-state index in [1.54, 1.807) is 18.0 Å². The summed E-state index contributed by atoms with van der Waals surface area (Å²) in [6.45, 7) is 8.53. The molecular weight excluding hydrogens is 1850 g/mol. The van der Waals surface area contributed by atoms with Crippen LogP contribution in [-0.2, 0) is 65.3 Å². The van der Waals surface area contributed by atoms with Gasteiger partial charge in [-0.3, -0.25) is 9.55 Å². The molecule has 4 aliphatic rings. The summed E-state index contributed by atoms with van der Waals surface area (Å²) in [6, 6.07) is 135. The molecule has 13 nitrogen and oxygen atoms in total. The fraction of sp³-hybridized carbons (Fsp3) is 0.0446. The van der Waals surface area contributed by atoms with Gasteiger partial charge in [-0.1, -0.05) is 268 Å². The van der Waals surface area contributed by atoms with Gasteiger partial charge in [-0.2, -0.15) is 17.8 Å². The molecule has 9 aromatic heterocycles. The second kappa shape index (κ2) is 35.3. The first-order chi connectivity index (χ1) is 63.5. The summed E-state index contributed by atoms with van der Waals surface area (Å²) in [6.07, 6.45) is 13.4. The summed E-state index contributed by atoms with van der Waals surface area (Å²) in [5.41, 5.74) is 21.9. The minimum atomic E-state index is -1.37. The van der Waals surface area contributed by atoms with Crippen LogP contribution in [0, 0.1) is 43.1 Å². The standard InChI is InChI=1S/C45H35N5SSi.C34H21N3OPS.C33H18N3O.3Cu/c1-47-27-26-33-35(29-48(2)45(33)47)30-22-23-37-39(28-30)50(38-20-12-11-19-36(38)49(37)3)42-25-24-41-43(46-42)44(34-18-10-13-21-40(34)51-41)52(31-14-6-4-7-15-31)32-16-8-5-9-17-32;1-22(2)39-30-11-5-4-10-28(30)38-29-15-13-25(21-31(29)39)37-26-9-3-6-12-32(26)40-33-16-14-24(20-27(33)37)36-19-17-23-8-7-18-35-34(23)36;1-2-8-22(9-3-1)28-21-37-31-16-14-24(20-27(28)31)36-30-13-7-5-11-25(30)26-15-17-32(34-33(26)36)35-19-18-23-10-4-6-12-29(23)35;;;/h4-27,29,44H,1-3H3;1,3-19H,2H3;1-8,10-18,21H;;;/q-1;2*-3;;;+2. The smallest absolute Gasteiger partial charge is 0.518 e. The number of anilines is 8. The summed E-state index contributed by atoms with van der Waals surface area (Å²) in [4.78, 5) is 27.3. The van der Waals surface area contributed by atoms with Crippen molar-refractivity contribution in [2.75, 3.05) is 21.7 Å². The third kappa shape index (κ3) is 14.6. The number of furan rings is 1. The molecule has 648 valence electrons. The molecule has 2 unspecified atom stereocenters. The average molecular weight is 1920 g/mol. The van der Waals surface area contributed by atoms with E-state index in [9.17, 15) is 0 Å². The van der Waals surface area contributed by atoms with Crippen molar-refractivity contribution in [3.8, 4) is 50.9 Å². The van der Waals surface area contributed by atoms with Crippen molar-refractivity contribution in [3.05, 3.63) is 424 Å². The van der Waals surface area contributed by atoms with Crippen molar-refractivity contribution in [1.82, 2.24) is 33.2 Å². The van der Waals surface area contributed by atoms with Gasteiger partial charge in [0.1, 0.15) is 31.7 Å². The minimum absolute atomic E-state index is 0. The Balaban J connectivity index is 0.000000120. The predicted octanol–water partition coefficient (Wildman–Crippen LogP) is 24.9. The molecule has 22 aromatic rings. The molecule has 0 aliphatic carbocycles. The number of allylic oxidation sites excluding steroid dienone is 1. The molecule has 0 N–H and O–H groups in total. The fourth-order valence-electron chi connectivity index (χ4n) is 18.8. The number of hydrogen-bond donors (Lipinski definition) is 0. The van der Waals surface area contributed by atoms with Crippen molar-refractivity contribution < 1.29 is 64.9 Å². The van der Waals surface area contributed by atoms with Gasteiger partial charge >= 0.3 is 17.1 Å². The zero-order valence-electron chi connectivity index (χ0n) is 71.2. The average Bonchev–Trinajstić information content (AvgIpc) is 1.43. The molecule has 2 atom stereocenters. The molecule has 26 rings (SSSR count). The second-order valence-corrected chi connectivity index (χ2v) is 39.3. The van der Waals surface area contributed by atoms with Crippen LogP contribution in [0.1, 0.15) is 23.7 Å². The normalized spacial score (nSPS) is 13.6. The molecule has 0 fully saturated rings. The van der Waals surface area contributed by atoms with Crippen LogP contribution in [-0.4, -0.2) is 49.1 Å². The third-order valence-electron chi connectivity index (χ3n) is 24.6. The number of nitrogens with zero attached hydrogens (tertiary/aromatic N) is 11. The van der Waals surface area contributed by atoms with E-state index in [-0.39, 0.29) is 56.7 Å². The molecule has 20 heteroatoms. The van der Waals surface area contributed by atoms with Crippen LogP contribution in [0.5, 0.6) is 11.5 Å². The first-order valence-electron chi connectivity index (χ1n) is 42.7. The molecule has 132 heavy (non-hydrogen) atoms. The van der Waals surface area contributed by atoms with E-state index in [0.717, 1.165) is 172 Å². The number of pyridine rings is 3. The van der Waals surface area contributed by atoms with E-state index in [1.807, 2.05) is 114 Å². The number of aromatic nitrogens is 8. The zero-order chi connectivity index (χ0) is 86.1. The van der Waals surface area contributed by atoms with E-state index in [2.05, 4.69) is 363 Å². The van der Waals surface area contributed by atoms with Crippen LogP contribution >= 0.6 is 31.4 Å². The molecule has 4 radical (unpaired) electrons. The van der Waals surface area contributed by atoms with Gasteiger partial charge in [0.25, 0.3) is 0 Å². The van der Waals surface area contributed by atoms with Gasteiger partial charge in [0.05, 0.1) is 48.2 Å². The molecule has 0 saturated heterocycles. The first kappa shape index (κ1) is 85.2. The molecule has 13 heterocycles. The number of aryl methyl sites for hydroxylation is 2. The minimum Gasteiger partial charge on any atom is -0.518 e. The summed E-state index contributed by atoms with van der Waals surface area (Å²) in [7, 11) is 4.07. The van der Waals surface area contributed by atoms with E-state index in [4.69, 9.17) is 25.7 Å². The summed E-state index contributed by atoms with van der Waals surface area (Å²) in [5.74, 6) is 3.39. The van der Waals surface area contributed by atoms with Crippen LogP contribution in [0.25, 0.3) is 105 Å².